The summed E-state index contributed by atoms with van der Waals surface area (Å²) < 4.78 is 4.86. The molecule has 1 saturated heterocycles. The highest BCUT2D eigenvalue weighted by Crippen LogP contribution is 2.29. The van der Waals surface area contributed by atoms with Gasteiger partial charge in [-0.3, -0.25) is 4.79 Å². The van der Waals surface area contributed by atoms with Crippen molar-refractivity contribution in [1.29, 1.82) is 0 Å². The Hall–Kier alpha value is -1.26. The normalized spacial score (nSPS) is 31.5. The molecule has 2 fully saturated rings. The summed E-state index contributed by atoms with van der Waals surface area (Å²) in [4.78, 5) is 23.8. The van der Waals surface area contributed by atoms with Crippen molar-refractivity contribution >= 4 is 12.1 Å². The van der Waals surface area contributed by atoms with Crippen LogP contribution < -0.4 is 0 Å². The zero-order chi connectivity index (χ0) is 10.8. The first-order valence-corrected chi connectivity index (χ1v) is 5.34. The number of ether oxygens (including phenoxy) is 1. The van der Waals surface area contributed by atoms with Gasteiger partial charge < -0.3 is 14.7 Å². The second kappa shape index (κ2) is 4.08. The lowest BCUT2D eigenvalue weighted by atomic mass is 9.85. The van der Waals surface area contributed by atoms with Gasteiger partial charge in [-0.15, -0.1) is 0 Å². The third-order valence-corrected chi connectivity index (χ3v) is 3.28. The van der Waals surface area contributed by atoms with Gasteiger partial charge >= 0.3 is 12.1 Å². The van der Waals surface area contributed by atoms with Crippen LogP contribution in [0.3, 0.4) is 0 Å². The summed E-state index contributed by atoms with van der Waals surface area (Å²) in [5, 5.41) is 8.84. The predicted octanol–water partition coefficient (Wildman–Crippen LogP) is 1.08. The molecule has 0 atom stereocenters. The predicted molar refractivity (Wildman–Crippen MR) is 51.4 cm³/mol. The fourth-order valence-electron chi connectivity index (χ4n) is 2.37. The van der Waals surface area contributed by atoms with Crippen LogP contribution in [0.5, 0.6) is 0 Å². The number of carbonyl (C=O) groups is 2. The van der Waals surface area contributed by atoms with Gasteiger partial charge in [0.25, 0.3) is 0 Å². The molecule has 0 unspecified atom stereocenters. The molecule has 1 saturated carbocycles. The number of hydrogen-bond donors (Lipinski definition) is 1. The molecule has 84 valence electrons. The Bertz CT molecular complexity index is 271. The van der Waals surface area contributed by atoms with E-state index in [-0.39, 0.29) is 18.1 Å². The average molecular weight is 213 g/mol. The summed E-state index contributed by atoms with van der Waals surface area (Å²) in [7, 11) is 0. The molecule has 1 heterocycles. The fraction of sp³-hybridized carbons (Fsp3) is 0.800. The molecule has 0 aromatic heterocycles. The van der Waals surface area contributed by atoms with Crippen molar-refractivity contribution < 1.29 is 19.4 Å². The standard InChI is InChI=1S/C10H15NO4/c12-9(13)7-1-3-8(4-2-7)11-5-6-15-10(11)14/h7-8H,1-6H2,(H,12,13)/t7-,8+. The number of hydrogen-bond acceptors (Lipinski definition) is 3. The van der Waals surface area contributed by atoms with Gasteiger partial charge in [-0.2, -0.15) is 0 Å². The van der Waals surface area contributed by atoms with Gasteiger partial charge in [-0.25, -0.2) is 4.79 Å². The van der Waals surface area contributed by atoms with Crippen LogP contribution in [0.15, 0.2) is 0 Å². The van der Waals surface area contributed by atoms with Crippen LogP contribution in [-0.2, 0) is 9.53 Å². The van der Waals surface area contributed by atoms with Crippen molar-refractivity contribution in [1.82, 2.24) is 4.90 Å². The Kier molecular flexibility index (Phi) is 2.79. The third-order valence-electron chi connectivity index (χ3n) is 3.28. The van der Waals surface area contributed by atoms with Gasteiger partial charge in [0, 0.05) is 6.04 Å². The zero-order valence-electron chi connectivity index (χ0n) is 8.52. The lowest BCUT2D eigenvalue weighted by Crippen LogP contribution is -2.39. The molecule has 0 spiro atoms. The summed E-state index contributed by atoms with van der Waals surface area (Å²) in [6.45, 7) is 1.12. The first-order chi connectivity index (χ1) is 7.18. The SMILES string of the molecule is O=C1OCCN1[C@H]1CC[C@@H](C(=O)O)CC1. The van der Waals surface area contributed by atoms with Gasteiger partial charge in [-0.05, 0) is 25.7 Å². The number of nitrogens with zero attached hydrogens (tertiary/aromatic N) is 1. The van der Waals surface area contributed by atoms with Crippen LogP contribution in [0.25, 0.3) is 0 Å². The Morgan fingerprint density at radius 3 is 2.47 bits per heavy atom. The number of rotatable bonds is 2. The minimum Gasteiger partial charge on any atom is -0.481 e. The van der Waals surface area contributed by atoms with Crippen molar-refractivity contribution in [2.24, 2.45) is 5.92 Å². The van der Waals surface area contributed by atoms with E-state index in [0.29, 0.717) is 26.0 Å². The first-order valence-electron chi connectivity index (χ1n) is 5.34. The number of aliphatic carboxylic acids is 1. The number of amides is 1. The zero-order valence-corrected chi connectivity index (χ0v) is 8.52. The Labute approximate surface area is 88.0 Å². The minimum atomic E-state index is -0.711. The van der Waals surface area contributed by atoms with Gasteiger partial charge in [0.05, 0.1) is 12.5 Å². The Balaban J connectivity index is 1.87. The van der Waals surface area contributed by atoms with E-state index in [0.717, 1.165) is 12.8 Å². The smallest absolute Gasteiger partial charge is 0.410 e. The van der Waals surface area contributed by atoms with Crippen LogP contribution in [0, 0.1) is 5.92 Å². The van der Waals surface area contributed by atoms with Gasteiger partial charge in [0.2, 0.25) is 0 Å². The Morgan fingerprint density at radius 2 is 2.00 bits per heavy atom. The molecule has 0 bridgehead atoms. The van der Waals surface area contributed by atoms with Crippen LogP contribution in [0.4, 0.5) is 4.79 Å². The third kappa shape index (κ3) is 2.06. The van der Waals surface area contributed by atoms with E-state index in [9.17, 15) is 9.59 Å². The van der Waals surface area contributed by atoms with E-state index in [1.54, 1.807) is 4.90 Å². The van der Waals surface area contributed by atoms with Crippen LogP contribution >= 0.6 is 0 Å². The summed E-state index contributed by atoms with van der Waals surface area (Å²) in [6.07, 6.45) is 2.67. The first kappa shape index (κ1) is 10.3. The molecule has 1 aliphatic heterocycles. The van der Waals surface area contributed by atoms with E-state index < -0.39 is 5.97 Å². The number of carbonyl (C=O) groups excluding carboxylic acids is 1. The number of carboxylic acids is 1. The number of cyclic esters (lactones) is 1. The molecule has 0 aromatic carbocycles. The monoisotopic (exact) mass is 213 g/mol. The summed E-state index contributed by atoms with van der Waals surface area (Å²) in [6, 6.07) is 0.190. The molecular formula is C10H15NO4. The second-order valence-corrected chi connectivity index (χ2v) is 4.15. The fourth-order valence-corrected chi connectivity index (χ4v) is 2.37. The van der Waals surface area contributed by atoms with Crippen molar-refractivity contribution in [3.63, 3.8) is 0 Å². The van der Waals surface area contributed by atoms with Gasteiger partial charge in [0.15, 0.2) is 0 Å². The molecule has 1 N–H and O–H groups in total. The molecule has 5 heteroatoms. The van der Waals surface area contributed by atoms with Crippen LogP contribution in [-0.4, -0.2) is 41.3 Å². The van der Waals surface area contributed by atoms with E-state index in [4.69, 9.17) is 9.84 Å². The minimum absolute atomic E-state index is 0.190. The molecule has 2 rings (SSSR count). The quantitative estimate of drug-likeness (QED) is 0.745. The highest BCUT2D eigenvalue weighted by molar-refractivity contribution is 5.71. The second-order valence-electron chi connectivity index (χ2n) is 4.15. The lowest BCUT2D eigenvalue weighted by Gasteiger charge is -2.31. The van der Waals surface area contributed by atoms with Crippen molar-refractivity contribution in [2.45, 2.75) is 31.7 Å². The Morgan fingerprint density at radius 1 is 1.33 bits per heavy atom. The van der Waals surface area contributed by atoms with E-state index in [1.807, 2.05) is 0 Å². The molecule has 1 aliphatic carbocycles. The van der Waals surface area contributed by atoms with Crippen molar-refractivity contribution in [3.05, 3.63) is 0 Å². The maximum Gasteiger partial charge on any atom is 0.410 e. The maximum absolute atomic E-state index is 11.3. The van der Waals surface area contributed by atoms with E-state index >= 15 is 0 Å². The molecule has 0 aromatic rings. The summed E-state index contributed by atoms with van der Waals surface area (Å²) in [5.74, 6) is -0.933. The van der Waals surface area contributed by atoms with E-state index in [1.165, 1.54) is 0 Å². The highest BCUT2D eigenvalue weighted by atomic mass is 16.6. The maximum atomic E-state index is 11.3. The van der Waals surface area contributed by atoms with E-state index in [2.05, 4.69) is 0 Å². The van der Waals surface area contributed by atoms with Gasteiger partial charge in [-0.1, -0.05) is 0 Å². The summed E-state index contributed by atoms with van der Waals surface area (Å²) >= 11 is 0. The molecule has 2 aliphatic rings. The molecular weight excluding hydrogens is 198 g/mol. The van der Waals surface area contributed by atoms with Gasteiger partial charge in [0.1, 0.15) is 6.61 Å². The summed E-state index contributed by atoms with van der Waals surface area (Å²) in [5.41, 5.74) is 0. The van der Waals surface area contributed by atoms with Crippen LogP contribution in [0.2, 0.25) is 0 Å². The largest absolute Gasteiger partial charge is 0.481 e. The lowest BCUT2D eigenvalue weighted by molar-refractivity contribution is -0.143. The number of carboxylic acid groups (broad SMARTS) is 1. The van der Waals surface area contributed by atoms with Crippen molar-refractivity contribution in [2.75, 3.05) is 13.2 Å². The van der Waals surface area contributed by atoms with Crippen LogP contribution in [0.1, 0.15) is 25.7 Å². The molecule has 15 heavy (non-hydrogen) atoms. The topological polar surface area (TPSA) is 66.8 Å². The molecule has 5 nitrogen and oxygen atoms in total. The molecule has 1 amide bonds. The highest BCUT2D eigenvalue weighted by Gasteiger charge is 2.34. The molecule has 0 radical (unpaired) electrons. The average Bonchev–Trinajstić information content (AvgIpc) is 2.65. The van der Waals surface area contributed by atoms with Crippen molar-refractivity contribution in [3.8, 4) is 0 Å².